The number of benzene rings is 4. The molecule has 0 saturated carbocycles. The van der Waals surface area contributed by atoms with Crippen molar-refractivity contribution in [1.82, 2.24) is 9.55 Å². The zero-order valence-corrected chi connectivity index (χ0v) is 33.5. The summed E-state index contributed by atoms with van der Waals surface area (Å²) in [7, 11) is 0. The number of aromatic nitrogens is 2. The fourth-order valence-corrected chi connectivity index (χ4v) is 6.35. The maximum atomic E-state index is 7.86. The Labute approximate surface area is 322 Å². The van der Waals surface area contributed by atoms with Gasteiger partial charge in [-0.15, -0.1) is 48.1 Å². The van der Waals surface area contributed by atoms with Crippen molar-refractivity contribution in [1.29, 1.82) is 0 Å². The molecule has 0 N–H and O–H groups in total. The quantitative estimate of drug-likeness (QED) is 0.162. The second kappa shape index (κ2) is 13.6. The van der Waals surface area contributed by atoms with E-state index in [1.54, 1.807) is 6.07 Å². The normalized spacial score (nSPS) is 13.5. The van der Waals surface area contributed by atoms with Crippen molar-refractivity contribution in [3.05, 3.63) is 144 Å². The summed E-state index contributed by atoms with van der Waals surface area (Å²) in [6.45, 7) is 30.0. The van der Waals surface area contributed by atoms with Crippen LogP contribution in [-0.4, -0.2) is 9.55 Å². The maximum absolute atomic E-state index is 7.86. The molecule has 0 spiro atoms. The molecule has 0 saturated heterocycles. The Kier molecular flexibility index (Phi) is 9.66. The summed E-state index contributed by atoms with van der Waals surface area (Å²) in [5.41, 5.74) is 7.92. The first-order valence-electron chi connectivity index (χ1n) is 17.4. The Morgan fingerprint density at radius 1 is 0.692 bits per heavy atom. The summed E-state index contributed by atoms with van der Waals surface area (Å²) in [5, 5.41) is 2.17. The molecule has 0 fully saturated rings. The average Bonchev–Trinajstić information content (AvgIpc) is 3.70. The molecule has 3 heterocycles. The van der Waals surface area contributed by atoms with Crippen LogP contribution in [-0.2, 0) is 37.3 Å². The van der Waals surface area contributed by atoms with Crippen LogP contribution < -0.4 is 14.5 Å². The van der Waals surface area contributed by atoms with Gasteiger partial charge in [-0.2, -0.15) is 6.07 Å². The molecule has 6 aromatic rings. The van der Waals surface area contributed by atoms with Crippen LogP contribution in [0.4, 0.5) is 17.1 Å². The first kappa shape index (κ1) is 36.9. The van der Waals surface area contributed by atoms with E-state index in [0.29, 0.717) is 22.9 Å². The monoisotopic (exact) mass is 865 g/mol. The topological polar surface area (TPSA) is 37.9 Å². The second-order valence-corrected chi connectivity index (χ2v) is 16.4. The molecule has 0 amide bonds. The number of nitrogens with zero attached hydrogens (tertiary/aromatic N) is 5. The Balaban J connectivity index is 0.00000464. The molecular weight excluding hydrogens is 822 g/mol. The number of hydrogen-bond acceptors (Lipinski definition) is 4. The molecule has 7 rings (SSSR count). The number of fused-ring (bicyclic) bond motifs is 3. The largest absolute Gasteiger partial charge is 0.510 e. The minimum Gasteiger partial charge on any atom is -0.510 e. The van der Waals surface area contributed by atoms with E-state index in [-0.39, 0.29) is 37.3 Å². The van der Waals surface area contributed by atoms with Crippen LogP contribution in [0.1, 0.15) is 79.0 Å². The third-order valence-corrected chi connectivity index (χ3v) is 9.42. The Bertz CT molecular complexity index is 2330. The Morgan fingerprint density at radius 3 is 2.04 bits per heavy atom. The summed E-state index contributed by atoms with van der Waals surface area (Å²) in [6, 6.07) is 33.9. The van der Waals surface area contributed by atoms with Crippen LogP contribution in [0.25, 0.3) is 32.5 Å². The molecule has 4 aromatic carbocycles. The van der Waals surface area contributed by atoms with E-state index in [0.717, 1.165) is 33.3 Å². The average molecular weight is 866 g/mol. The molecule has 2 aromatic heterocycles. The fraction of sp³-hybridized carbons (Fsp3) is 0.267. The van der Waals surface area contributed by atoms with Crippen molar-refractivity contribution in [2.75, 3.05) is 9.80 Å². The second-order valence-electron chi connectivity index (χ2n) is 16.4. The predicted octanol–water partition coefficient (Wildman–Crippen LogP) is 11.9. The van der Waals surface area contributed by atoms with Crippen LogP contribution in [0.15, 0.2) is 97.5 Å². The van der Waals surface area contributed by atoms with Crippen molar-refractivity contribution in [2.45, 2.75) is 78.6 Å². The fourth-order valence-electron chi connectivity index (χ4n) is 6.35. The zero-order chi connectivity index (χ0) is 36.3. The van der Waals surface area contributed by atoms with E-state index in [9.17, 15) is 0 Å². The molecule has 0 radical (unpaired) electrons. The standard InChI is InChI=1S/C45H44N5O.Pt/c1-43(2,3)30-17-18-47-42(24-30)50-40-14-12-11-13-38(40)39-16-15-36(28-41(39)50)51-37-26-33(46-10)25-35(27-37)49-20-19-48(29-49)34-22-31(44(4,5)6)21-32(23-34)45(7,8)9;/h11-26,29H,1-9H3;/q-3;. The SMILES string of the molecule is [C-]#[N+]c1cc(Oc2[c-]c3c(cc2)c2ccccc2n3-c2cc(C(C)(C)C)ccn2)[c-]c(N2C=CN(c3cc(C(C)(C)C)cc(C(C)(C)C)c3)[CH-]2)c1.[Pt]. The smallest absolute Gasteiger partial charge is 0.135 e. The van der Waals surface area contributed by atoms with Crippen molar-refractivity contribution in [3.8, 4) is 17.3 Å². The number of anilines is 2. The molecule has 0 atom stereocenters. The van der Waals surface area contributed by atoms with Gasteiger partial charge in [-0.3, -0.25) is 4.85 Å². The van der Waals surface area contributed by atoms with Crippen molar-refractivity contribution in [3.63, 3.8) is 0 Å². The van der Waals surface area contributed by atoms with Gasteiger partial charge in [0.05, 0.1) is 12.3 Å². The van der Waals surface area contributed by atoms with E-state index >= 15 is 0 Å². The number of rotatable bonds is 5. The van der Waals surface area contributed by atoms with Crippen LogP contribution in [0, 0.1) is 25.4 Å². The van der Waals surface area contributed by atoms with E-state index < -0.39 is 0 Å². The van der Waals surface area contributed by atoms with Gasteiger partial charge in [0.1, 0.15) is 5.82 Å². The van der Waals surface area contributed by atoms with E-state index in [1.165, 1.54) is 16.7 Å². The zero-order valence-electron chi connectivity index (χ0n) is 31.3. The van der Waals surface area contributed by atoms with Crippen LogP contribution in [0.3, 0.4) is 0 Å². The van der Waals surface area contributed by atoms with Gasteiger partial charge in [-0.25, -0.2) is 4.98 Å². The third kappa shape index (κ3) is 7.25. The molecular formula is C45H44N5OPt-3. The molecule has 0 bridgehead atoms. The molecule has 1 aliphatic heterocycles. The first-order valence-corrected chi connectivity index (χ1v) is 17.4. The van der Waals surface area contributed by atoms with Gasteiger partial charge >= 0.3 is 0 Å². The van der Waals surface area contributed by atoms with Crippen LogP contribution >= 0.6 is 0 Å². The summed E-state index contributed by atoms with van der Waals surface area (Å²) in [6.07, 6.45) is 5.90. The van der Waals surface area contributed by atoms with Crippen LogP contribution in [0.5, 0.6) is 11.5 Å². The molecule has 0 unspecified atom stereocenters. The van der Waals surface area contributed by atoms with Crippen molar-refractivity contribution >= 4 is 38.9 Å². The molecule has 6 nitrogen and oxygen atoms in total. The van der Waals surface area contributed by atoms with Gasteiger partial charge in [-0.1, -0.05) is 92.1 Å². The van der Waals surface area contributed by atoms with E-state index in [2.05, 4.69) is 143 Å². The van der Waals surface area contributed by atoms with Gasteiger partial charge in [0.25, 0.3) is 0 Å². The summed E-state index contributed by atoms with van der Waals surface area (Å²) < 4.78 is 8.59. The number of hydrogen-bond donors (Lipinski definition) is 0. The van der Waals surface area contributed by atoms with E-state index in [4.69, 9.17) is 16.3 Å². The molecule has 52 heavy (non-hydrogen) atoms. The maximum Gasteiger partial charge on any atom is 0.135 e. The Hall–Kier alpha value is -4.85. The predicted molar refractivity (Wildman–Crippen MR) is 210 cm³/mol. The van der Waals surface area contributed by atoms with Gasteiger partial charge in [0, 0.05) is 50.0 Å². The third-order valence-electron chi connectivity index (χ3n) is 9.42. The Morgan fingerprint density at radius 2 is 1.37 bits per heavy atom. The number of ether oxygens (including phenoxy) is 1. The molecule has 268 valence electrons. The van der Waals surface area contributed by atoms with E-state index in [1.807, 2.05) is 48.4 Å². The minimum atomic E-state index is -0.0271. The molecule has 0 aliphatic carbocycles. The summed E-state index contributed by atoms with van der Waals surface area (Å²) in [4.78, 5) is 12.7. The first-order chi connectivity index (χ1) is 24.1. The minimum absolute atomic E-state index is 0. The summed E-state index contributed by atoms with van der Waals surface area (Å²) in [5.74, 6) is 1.79. The van der Waals surface area contributed by atoms with Crippen molar-refractivity contribution in [2.24, 2.45) is 0 Å². The van der Waals surface area contributed by atoms with Crippen molar-refractivity contribution < 1.29 is 25.8 Å². The van der Waals surface area contributed by atoms with Gasteiger partial charge in [0.15, 0.2) is 0 Å². The van der Waals surface area contributed by atoms with Gasteiger partial charge in [0.2, 0.25) is 0 Å². The van der Waals surface area contributed by atoms with Crippen LogP contribution in [0.2, 0.25) is 0 Å². The molecule has 7 heteroatoms. The molecule has 1 aliphatic rings. The summed E-state index contributed by atoms with van der Waals surface area (Å²) >= 11 is 0. The number of para-hydroxylation sites is 1. The number of pyridine rings is 1. The van der Waals surface area contributed by atoms with Gasteiger partial charge < -0.3 is 19.1 Å². The van der Waals surface area contributed by atoms with Gasteiger partial charge in [-0.05, 0) is 81.1 Å².